The van der Waals surface area contributed by atoms with Gasteiger partial charge in [-0.2, -0.15) is 0 Å². The molecule has 0 saturated carbocycles. The van der Waals surface area contributed by atoms with E-state index in [1.165, 1.54) is 6.07 Å². The van der Waals surface area contributed by atoms with Crippen LogP contribution in [0.3, 0.4) is 0 Å². The minimum atomic E-state index is -0.220. The van der Waals surface area contributed by atoms with E-state index in [0.717, 1.165) is 41.3 Å². The molecule has 3 aromatic carbocycles. The Labute approximate surface area is 146 Å². The first-order valence-corrected chi connectivity index (χ1v) is 8.75. The number of hydrogen-bond acceptors (Lipinski definition) is 1. The Balaban J connectivity index is 1.62. The van der Waals surface area contributed by atoms with Crippen molar-refractivity contribution in [1.29, 1.82) is 0 Å². The molecule has 25 heavy (non-hydrogen) atoms. The van der Waals surface area contributed by atoms with Gasteiger partial charge in [-0.15, -0.1) is 0 Å². The number of likely N-dealkylation sites (tertiary alicyclic amines) is 1. The van der Waals surface area contributed by atoms with Crippen LogP contribution in [-0.4, -0.2) is 23.4 Å². The molecule has 0 radical (unpaired) electrons. The van der Waals surface area contributed by atoms with Gasteiger partial charge >= 0.3 is 0 Å². The summed E-state index contributed by atoms with van der Waals surface area (Å²) in [6.45, 7) is 0.766. The summed E-state index contributed by atoms with van der Waals surface area (Å²) in [5, 5.41) is 2.07. The van der Waals surface area contributed by atoms with E-state index >= 15 is 0 Å². The molecule has 1 aliphatic rings. The molecule has 0 spiro atoms. The van der Waals surface area contributed by atoms with E-state index in [-0.39, 0.29) is 17.8 Å². The van der Waals surface area contributed by atoms with Gasteiger partial charge in [0, 0.05) is 18.2 Å². The summed E-state index contributed by atoms with van der Waals surface area (Å²) in [5.74, 6) is -0.141. The van der Waals surface area contributed by atoms with Gasteiger partial charge in [-0.3, -0.25) is 4.79 Å². The fourth-order valence-electron chi connectivity index (χ4n) is 3.82. The van der Waals surface area contributed by atoms with Crippen molar-refractivity contribution in [2.45, 2.75) is 25.3 Å². The van der Waals surface area contributed by atoms with Gasteiger partial charge in [0.25, 0.3) is 5.91 Å². The summed E-state index contributed by atoms with van der Waals surface area (Å²) >= 11 is 0. The van der Waals surface area contributed by atoms with Crippen LogP contribution in [0.25, 0.3) is 10.8 Å². The Morgan fingerprint density at radius 1 is 1.04 bits per heavy atom. The maximum Gasteiger partial charge on any atom is 0.254 e. The van der Waals surface area contributed by atoms with E-state index in [2.05, 4.69) is 0 Å². The van der Waals surface area contributed by atoms with E-state index in [9.17, 15) is 9.18 Å². The van der Waals surface area contributed by atoms with Crippen LogP contribution in [0.1, 0.15) is 28.8 Å². The van der Waals surface area contributed by atoms with Crippen molar-refractivity contribution in [2.24, 2.45) is 0 Å². The number of nitrogens with zero attached hydrogens (tertiary/aromatic N) is 1. The Morgan fingerprint density at radius 3 is 2.72 bits per heavy atom. The molecule has 4 rings (SSSR count). The van der Waals surface area contributed by atoms with E-state index in [4.69, 9.17) is 0 Å². The number of carbonyl (C=O) groups is 1. The highest BCUT2D eigenvalue weighted by molar-refractivity contribution is 6.07. The van der Waals surface area contributed by atoms with E-state index in [1.807, 2.05) is 53.4 Å². The molecule has 126 valence electrons. The topological polar surface area (TPSA) is 20.3 Å². The molecule has 0 aliphatic carbocycles. The Hall–Kier alpha value is -2.68. The molecule has 3 aromatic rings. The van der Waals surface area contributed by atoms with E-state index in [1.54, 1.807) is 12.1 Å². The molecule has 1 amide bonds. The third-order valence-corrected chi connectivity index (χ3v) is 5.02. The summed E-state index contributed by atoms with van der Waals surface area (Å²) in [5.41, 5.74) is 1.70. The lowest BCUT2D eigenvalue weighted by Crippen LogP contribution is -2.36. The average Bonchev–Trinajstić information content (AvgIpc) is 3.09. The van der Waals surface area contributed by atoms with Crippen LogP contribution in [0, 0.1) is 5.82 Å². The average molecular weight is 333 g/mol. The van der Waals surface area contributed by atoms with Crippen LogP contribution >= 0.6 is 0 Å². The molecule has 1 fully saturated rings. The minimum absolute atomic E-state index is 0.0794. The highest BCUT2D eigenvalue weighted by Crippen LogP contribution is 2.26. The fourth-order valence-corrected chi connectivity index (χ4v) is 3.82. The summed E-state index contributed by atoms with van der Waals surface area (Å²) in [6.07, 6.45) is 2.66. The maximum absolute atomic E-state index is 13.5. The molecule has 0 aromatic heterocycles. The minimum Gasteiger partial charge on any atom is -0.335 e. The number of carbonyl (C=O) groups excluding carboxylic acids is 1. The number of amides is 1. The van der Waals surface area contributed by atoms with Crippen LogP contribution in [0.4, 0.5) is 4.39 Å². The first-order chi connectivity index (χ1) is 12.2. The van der Waals surface area contributed by atoms with Crippen molar-refractivity contribution in [3.63, 3.8) is 0 Å². The molecular weight excluding hydrogens is 313 g/mol. The second kappa shape index (κ2) is 6.67. The molecule has 0 unspecified atom stereocenters. The van der Waals surface area contributed by atoms with Crippen molar-refractivity contribution in [3.8, 4) is 0 Å². The molecule has 1 heterocycles. The lowest BCUT2D eigenvalue weighted by Gasteiger charge is -2.25. The summed E-state index contributed by atoms with van der Waals surface area (Å²) in [6, 6.07) is 20.7. The highest BCUT2D eigenvalue weighted by Gasteiger charge is 2.30. The normalized spacial score (nSPS) is 17.2. The van der Waals surface area contributed by atoms with Gasteiger partial charge in [-0.1, -0.05) is 48.5 Å². The summed E-state index contributed by atoms with van der Waals surface area (Å²) in [7, 11) is 0. The summed E-state index contributed by atoms with van der Waals surface area (Å²) < 4.78 is 13.5. The van der Waals surface area contributed by atoms with Gasteiger partial charge in [0.05, 0.1) is 0 Å². The number of fused-ring (bicyclic) bond motifs is 1. The van der Waals surface area contributed by atoms with Gasteiger partial charge < -0.3 is 4.90 Å². The second-order valence-electron chi connectivity index (χ2n) is 6.66. The van der Waals surface area contributed by atoms with Crippen molar-refractivity contribution in [1.82, 2.24) is 4.90 Å². The van der Waals surface area contributed by atoms with Gasteiger partial charge in [0.1, 0.15) is 5.82 Å². The lowest BCUT2D eigenvalue weighted by molar-refractivity contribution is 0.0738. The highest BCUT2D eigenvalue weighted by atomic mass is 19.1. The van der Waals surface area contributed by atoms with Crippen LogP contribution < -0.4 is 0 Å². The van der Waals surface area contributed by atoms with E-state index in [0.29, 0.717) is 6.42 Å². The zero-order valence-electron chi connectivity index (χ0n) is 14.0. The van der Waals surface area contributed by atoms with Crippen LogP contribution in [0.2, 0.25) is 0 Å². The third kappa shape index (κ3) is 3.14. The molecular formula is C22H20FNO. The zero-order valence-corrected chi connectivity index (χ0v) is 14.0. The predicted octanol–water partition coefficient (Wildman–Crippen LogP) is 4.83. The largest absolute Gasteiger partial charge is 0.335 e. The fraction of sp³-hybridized carbons (Fsp3) is 0.227. The van der Waals surface area contributed by atoms with Crippen molar-refractivity contribution >= 4 is 16.7 Å². The lowest BCUT2D eigenvalue weighted by atomic mass is 10.0. The van der Waals surface area contributed by atoms with Gasteiger partial charge in [0.15, 0.2) is 0 Å². The number of halogens is 1. The number of benzene rings is 3. The quantitative estimate of drug-likeness (QED) is 0.672. The monoisotopic (exact) mass is 333 g/mol. The van der Waals surface area contributed by atoms with E-state index < -0.39 is 0 Å². The van der Waals surface area contributed by atoms with Gasteiger partial charge in [0.2, 0.25) is 0 Å². The molecule has 0 N–H and O–H groups in total. The second-order valence-corrected chi connectivity index (χ2v) is 6.66. The van der Waals surface area contributed by atoms with Gasteiger partial charge in [-0.25, -0.2) is 4.39 Å². The Morgan fingerprint density at radius 2 is 1.84 bits per heavy atom. The maximum atomic E-state index is 13.5. The van der Waals surface area contributed by atoms with Crippen molar-refractivity contribution < 1.29 is 9.18 Å². The van der Waals surface area contributed by atoms with Gasteiger partial charge in [-0.05, 0) is 53.8 Å². The molecule has 1 atom stereocenters. The first kappa shape index (κ1) is 15.8. The zero-order chi connectivity index (χ0) is 17.2. The molecule has 0 bridgehead atoms. The van der Waals surface area contributed by atoms with Crippen LogP contribution in [0.5, 0.6) is 0 Å². The molecule has 1 aliphatic heterocycles. The standard InChI is InChI=1S/C22H20FNO/c23-18-9-3-6-16(14-18)15-19-10-5-13-24(19)22(25)21-12-4-8-17-7-1-2-11-20(17)21/h1-4,6-9,11-12,14,19H,5,10,13,15H2/t19-/m1/s1. The number of rotatable bonds is 3. The first-order valence-electron chi connectivity index (χ1n) is 8.75. The Kier molecular flexibility index (Phi) is 4.22. The molecule has 3 heteroatoms. The number of hydrogen-bond donors (Lipinski definition) is 0. The van der Waals surface area contributed by atoms with Crippen molar-refractivity contribution in [3.05, 3.63) is 83.7 Å². The smallest absolute Gasteiger partial charge is 0.254 e. The van der Waals surface area contributed by atoms with Crippen molar-refractivity contribution in [2.75, 3.05) is 6.54 Å². The predicted molar refractivity (Wildman–Crippen MR) is 98.1 cm³/mol. The Bertz CT molecular complexity index is 915. The van der Waals surface area contributed by atoms with Crippen LogP contribution in [0.15, 0.2) is 66.7 Å². The molecule has 2 nitrogen and oxygen atoms in total. The molecule has 1 saturated heterocycles. The van der Waals surface area contributed by atoms with Crippen LogP contribution in [-0.2, 0) is 6.42 Å². The summed E-state index contributed by atoms with van der Waals surface area (Å²) in [4.78, 5) is 15.1. The third-order valence-electron chi connectivity index (χ3n) is 5.02. The SMILES string of the molecule is O=C(c1cccc2ccccc12)N1CCC[C@@H]1Cc1cccc(F)c1.